The summed E-state index contributed by atoms with van der Waals surface area (Å²) in [6, 6.07) is 5.28. The van der Waals surface area contributed by atoms with Crippen molar-refractivity contribution < 1.29 is 28.8 Å². The molecule has 1 atom stereocenters. The van der Waals surface area contributed by atoms with E-state index in [1.807, 2.05) is 0 Å². The lowest BCUT2D eigenvalue weighted by atomic mass is 10.1. The Balaban J connectivity index is 2.03. The van der Waals surface area contributed by atoms with Crippen LogP contribution in [-0.4, -0.2) is 47.3 Å². The minimum Gasteiger partial charge on any atom is -0.467 e. The Labute approximate surface area is 154 Å². The third-order valence-corrected chi connectivity index (χ3v) is 3.84. The molecule has 0 bridgehead atoms. The third kappa shape index (κ3) is 4.74. The molecule has 0 fully saturated rings. The van der Waals surface area contributed by atoms with Crippen LogP contribution in [0.25, 0.3) is 10.9 Å². The van der Waals surface area contributed by atoms with Gasteiger partial charge in [-0.05, 0) is 24.6 Å². The zero-order chi connectivity index (χ0) is 19.8. The highest BCUT2D eigenvalue weighted by molar-refractivity contribution is 5.90. The number of pyridine rings is 1. The van der Waals surface area contributed by atoms with Crippen LogP contribution in [0.5, 0.6) is 0 Å². The number of ether oxygens (including phenoxy) is 2. The second-order valence-corrected chi connectivity index (χ2v) is 5.41. The molecule has 0 aliphatic heterocycles. The van der Waals surface area contributed by atoms with Crippen molar-refractivity contribution in [1.29, 1.82) is 0 Å². The molecule has 1 aromatic carbocycles. The predicted molar refractivity (Wildman–Crippen MR) is 93.1 cm³/mol. The van der Waals surface area contributed by atoms with Gasteiger partial charge in [0.15, 0.2) is 12.8 Å². The Morgan fingerprint density at radius 3 is 2.81 bits per heavy atom. The standard InChI is InChI=1S/C17H19N3O7/c1-3-14(17(22)25-2)19(10-21)27-11-26-9-12-6-7-15(20(23)24)13-5-4-8-18-16(12)13/h4-8,10,14H,3,9,11H2,1-2H3. The Bertz CT molecular complexity index is 827. The molecule has 144 valence electrons. The first kappa shape index (κ1) is 20.2. The molecular formula is C17H19N3O7. The summed E-state index contributed by atoms with van der Waals surface area (Å²) in [5, 5.41) is 12.3. The number of hydrogen-bond acceptors (Lipinski definition) is 8. The van der Waals surface area contributed by atoms with Gasteiger partial charge < -0.3 is 9.47 Å². The molecule has 10 heteroatoms. The number of benzene rings is 1. The number of rotatable bonds is 10. The van der Waals surface area contributed by atoms with Gasteiger partial charge in [-0.2, -0.15) is 0 Å². The number of hydrogen-bond donors (Lipinski definition) is 0. The van der Waals surface area contributed by atoms with Crippen LogP contribution in [0.15, 0.2) is 30.5 Å². The number of carbonyl (C=O) groups excluding carboxylic acids is 2. The number of aromatic nitrogens is 1. The molecule has 1 unspecified atom stereocenters. The fourth-order valence-corrected chi connectivity index (χ4v) is 2.52. The zero-order valence-corrected chi connectivity index (χ0v) is 14.9. The second kappa shape index (κ2) is 9.55. The van der Waals surface area contributed by atoms with Crippen molar-refractivity contribution in [3.8, 4) is 0 Å². The van der Waals surface area contributed by atoms with Gasteiger partial charge in [-0.3, -0.25) is 19.9 Å². The van der Waals surface area contributed by atoms with Gasteiger partial charge in [-0.25, -0.2) is 14.7 Å². The van der Waals surface area contributed by atoms with Gasteiger partial charge in [0.1, 0.15) is 0 Å². The van der Waals surface area contributed by atoms with Crippen LogP contribution in [0.3, 0.4) is 0 Å². The predicted octanol–water partition coefficient (Wildman–Crippen LogP) is 1.96. The van der Waals surface area contributed by atoms with E-state index >= 15 is 0 Å². The monoisotopic (exact) mass is 377 g/mol. The largest absolute Gasteiger partial charge is 0.467 e. The quantitative estimate of drug-likeness (QED) is 0.154. The Morgan fingerprint density at radius 1 is 1.41 bits per heavy atom. The second-order valence-electron chi connectivity index (χ2n) is 5.41. The molecule has 0 saturated heterocycles. The maximum Gasteiger partial charge on any atom is 0.331 e. The van der Waals surface area contributed by atoms with Gasteiger partial charge in [0.05, 0.1) is 29.5 Å². The van der Waals surface area contributed by atoms with Gasteiger partial charge >= 0.3 is 5.97 Å². The molecule has 27 heavy (non-hydrogen) atoms. The SMILES string of the molecule is CCC(C(=O)OC)N(C=O)OCOCc1ccc([N+](=O)[O-])c2cccnc12. The summed E-state index contributed by atoms with van der Waals surface area (Å²) in [5.74, 6) is -0.602. The normalized spacial score (nSPS) is 11.8. The molecule has 1 amide bonds. The molecule has 0 aliphatic carbocycles. The van der Waals surface area contributed by atoms with Crippen molar-refractivity contribution >= 4 is 29.0 Å². The molecule has 1 aromatic heterocycles. The van der Waals surface area contributed by atoms with Gasteiger partial charge in [-0.15, -0.1) is 0 Å². The molecule has 1 heterocycles. The highest BCUT2D eigenvalue weighted by Crippen LogP contribution is 2.27. The van der Waals surface area contributed by atoms with Gasteiger partial charge in [-0.1, -0.05) is 6.92 Å². The van der Waals surface area contributed by atoms with Crippen LogP contribution in [0, 0.1) is 10.1 Å². The van der Waals surface area contributed by atoms with E-state index < -0.39 is 16.9 Å². The van der Waals surface area contributed by atoms with E-state index in [-0.39, 0.29) is 19.1 Å². The lowest BCUT2D eigenvalue weighted by molar-refractivity contribution is -0.383. The maximum atomic E-state index is 11.6. The first-order valence-electron chi connectivity index (χ1n) is 8.06. The van der Waals surface area contributed by atoms with Crippen molar-refractivity contribution in [2.45, 2.75) is 26.0 Å². The topological polar surface area (TPSA) is 121 Å². The summed E-state index contributed by atoms with van der Waals surface area (Å²) in [6.07, 6.45) is 2.21. The summed E-state index contributed by atoms with van der Waals surface area (Å²) >= 11 is 0. The van der Waals surface area contributed by atoms with Crippen LogP contribution in [0.1, 0.15) is 18.9 Å². The molecule has 2 aromatic rings. The fraction of sp³-hybridized carbons (Fsp3) is 0.353. The first-order valence-corrected chi connectivity index (χ1v) is 8.06. The zero-order valence-electron chi connectivity index (χ0n) is 14.9. The Morgan fingerprint density at radius 2 is 2.19 bits per heavy atom. The van der Waals surface area contributed by atoms with E-state index in [0.29, 0.717) is 29.3 Å². The third-order valence-electron chi connectivity index (χ3n) is 3.84. The highest BCUT2D eigenvalue weighted by Gasteiger charge is 2.25. The lowest BCUT2D eigenvalue weighted by Gasteiger charge is -2.23. The minimum atomic E-state index is -0.877. The Kier molecular flexibility index (Phi) is 7.15. The molecule has 0 saturated carbocycles. The van der Waals surface area contributed by atoms with Gasteiger partial charge in [0.25, 0.3) is 5.69 Å². The van der Waals surface area contributed by atoms with Crippen LogP contribution >= 0.6 is 0 Å². The van der Waals surface area contributed by atoms with Crippen molar-refractivity contribution in [3.63, 3.8) is 0 Å². The number of hydroxylamine groups is 2. The molecular weight excluding hydrogens is 358 g/mol. The van der Waals surface area contributed by atoms with E-state index in [1.54, 1.807) is 25.1 Å². The highest BCUT2D eigenvalue weighted by atomic mass is 16.8. The lowest BCUT2D eigenvalue weighted by Crippen LogP contribution is -2.41. The van der Waals surface area contributed by atoms with Crippen molar-refractivity contribution in [3.05, 3.63) is 46.1 Å². The van der Waals surface area contributed by atoms with Crippen LogP contribution in [0.2, 0.25) is 0 Å². The number of non-ortho nitro benzene ring substituents is 1. The van der Waals surface area contributed by atoms with E-state index in [4.69, 9.17) is 9.57 Å². The van der Waals surface area contributed by atoms with Crippen LogP contribution in [0.4, 0.5) is 5.69 Å². The smallest absolute Gasteiger partial charge is 0.331 e. The number of nitro benzene ring substituents is 1. The molecule has 0 N–H and O–H groups in total. The number of methoxy groups -OCH3 is 1. The van der Waals surface area contributed by atoms with Crippen molar-refractivity contribution in [2.75, 3.05) is 13.9 Å². The molecule has 0 spiro atoms. The van der Waals surface area contributed by atoms with E-state index in [9.17, 15) is 19.7 Å². The summed E-state index contributed by atoms with van der Waals surface area (Å²) in [4.78, 5) is 42.7. The summed E-state index contributed by atoms with van der Waals surface area (Å²) in [5.41, 5.74) is 1.02. The Hall–Kier alpha value is -3.11. The maximum absolute atomic E-state index is 11.6. The summed E-state index contributed by atoms with van der Waals surface area (Å²) in [6.45, 7) is 1.45. The number of amides is 1. The minimum absolute atomic E-state index is 0.0471. The van der Waals surface area contributed by atoms with Crippen molar-refractivity contribution in [2.24, 2.45) is 0 Å². The molecule has 10 nitrogen and oxygen atoms in total. The number of nitro groups is 1. The van der Waals surface area contributed by atoms with E-state index in [1.165, 1.54) is 19.4 Å². The van der Waals surface area contributed by atoms with E-state index in [0.717, 1.165) is 5.06 Å². The van der Waals surface area contributed by atoms with E-state index in [2.05, 4.69) is 9.72 Å². The average molecular weight is 377 g/mol. The van der Waals surface area contributed by atoms with Gasteiger partial charge in [0.2, 0.25) is 6.41 Å². The number of nitrogens with zero attached hydrogens (tertiary/aromatic N) is 3. The average Bonchev–Trinajstić information content (AvgIpc) is 2.69. The molecule has 2 rings (SSSR count). The molecule has 0 aliphatic rings. The van der Waals surface area contributed by atoms with Crippen molar-refractivity contribution in [1.82, 2.24) is 10.0 Å². The summed E-state index contributed by atoms with van der Waals surface area (Å²) in [7, 11) is 1.22. The molecule has 0 radical (unpaired) electrons. The summed E-state index contributed by atoms with van der Waals surface area (Å²) < 4.78 is 10.0. The first-order chi connectivity index (χ1) is 13.0. The van der Waals surface area contributed by atoms with Crippen LogP contribution in [-0.2, 0) is 30.5 Å². The van der Waals surface area contributed by atoms with Gasteiger partial charge in [0, 0.05) is 17.8 Å². The fourth-order valence-electron chi connectivity index (χ4n) is 2.52. The van der Waals surface area contributed by atoms with Crippen LogP contribution < -0.4 is 0 Å². The number of esters is 1. The number of fused-ring (bicyclic) bond motifs is 1. The number of carbonyl (C=O) groups is 2.